The van der Waals surface area contributed by atoms with E-state index in [1.54, 1.807) is 31.2 Å². The molecule has 7 nitrogen and oxygen atoms in total. The Morgan fingerprint density at radius 3 is 2.61 bits per heavy atom. The van der Waals surface area contributed by atoms with Crippen molar-refractivity contribution in [3.8, 4) is 0 Å². The van der Waals surface area contributed by atoms with Crippen LogP contribution in [0.5, 0.6) is 0 Å². The van der Waals surface area contributed by atoms with Crippen molar-refractivity contribution in [3.05, 3.63) is 29.3 Å². The quantitative estimate of drug-likeness (QED) is 0.474. The molecule has 1 atom stereocenters. The summed E-state index contributed by atoms with van der Waals surface area (Å²) in [5.74, 6) is -0.347. The van der Waals surface area contributed by atoms with Crippen LogP contribution in [0.3, 0.4) is 0 Å². The van der Waals surface area contributed by atoms with Crippen LogP contribution < -0.4 is 10.6 Å². The minimum Gasteiger partial charge on any atom is -0.468 e. The number of esters is 1. The number of nitrogens with one attached hydrogen (secondary N) is 2. The molecule has 0 bridgehead atoms. The molecule has 2 aromatic rings. The first kappa shape index (κ1) is 17.5. The van der Waals surface area contributed by atoms with E-state index in [0.29, 0.717) is 20.2 Å². The van der Waals surface area contributed by atoms with Crippen LogP contribution in [0, 0.1) is 0 Å². The van der Waals surface area contributed by atoms with Crippen molar-refractivity contribution in [2.45, 2.75) is 16.5 Å². The third-order valence-corrected chi connectivity index (χ3v) is 4.79. The largest absolute Gasteiger partial charge is 0.468 e. The minimum absolute atomic E-state index is 0.330. The molecule has 0 radical (unpaired) electrons. The number of thioether (sulfide) groups is 1. The molecular formula is C13H13ClN4O3S2. The van der Waals surface area contributed by atoms with E-state index in [1.807, 2.05) is 0 Å². The molecule has 0 saturated carbocycles. The number of hydrogen-bond acceptors (Lipinski definition) is 7. The average molecular weight is 373 g/mol. The van der Waals surface area contributed by atoms with E-state index in [1.165, 1.54) is 30.2 Å². The second kappa shape index (κ2) is 8.14. The average Bonchev–Trinajstić information content (AvgIpc) is 2.95. The summed E-state index contributed by atoms with van der Waals surface area (Å²) in [6.07, 6.45) is 0. The molecule has 0 aliphatic rings. The van der Waals surface area contributed by atoms with E-state index in [0.717, 1.165) is 0 Å². The molecule has 2 N–H and O–H groups in total. The van der Waals surface area contributed by atoms with Crippen molar-refractivity contribution in [3.63, 3.8) is 0 Å². The number of rotatable bonds is 5. The number of carbonyl (C=O) groups is 2. The molecule has 1 aromatic carbocycles. The summed E-state index contributed by atoms with van der Waals surface area (Å²) < 4.78 is 5.20. The van der Waals surface area contributed by atoms with Crippen LogP contribution >= 0.6 is 34.7 Å². The highest BCUT2D eigenvalue weighted by molar-refractivity contribution is 8.02. The van der Waals surface area contributed by atoms with Gasteiger partial charge < -0.3 is 10.1 Å². The molecule has 1 heterocycles. The van der Waals surface area contributed by atoms with E-state index >= 15 is 0 Å². The SMILES string of the molecule is COC(=O)[C@H](C)Sc1nnc(NC(=O)Nc2ccc(Cl)cc2)s1. The molecule has 23 heavy (non-hydrogen) atoms. The number of hydrogen-bond donors (Lipinski definition) is 2. The van der Waals surface area contributed by atoms with E-state index in [-0.39, 0.29) is 5.97 Å². The lowest BCUT2D eigenvalue weighted by Gasteiger charge is -2.05. The third-order valence-electron chi connectivity index (χ3n) is 2.54. The lowest BCUT2D eigenvalue weighted by molar-refractivity contribution is -0.139. The van der Waals surface area contributed by atoms with Gasteiger partial charge in [-0.05, 0) is 31.2 Å². The Hall–Kier alpha value is -1.84. The topological polar surface area (TPSA) is 93.2 Å². The van der Waals surface area contributed by atoms with Gasteiger partial charge in [0.1, 0.15) is 5.25 Å². The molecule has 0 aliphatic heterocycles. The first-order valence-corrected chi connectivity index (χ1v) is 8.47. The zero-order valence-corrected chi connectivity index (χ0v) is 14.6. The van der Waals surface area contributed by atoms with Gasteiger partial charge in [0.05, 0.1) is 7.11 Å². The summed E-state index contributed by atoms with van der Waals surface area (Å²) in [6.45, 7) is 1.71. The summed E-state index contributed by atoms with van der Waals surface area (Å²) in [4.78, 5) is 23.2. The van der Waals surface area contributed by atoms with Gasteiger partial charge in [0.25, 0.3) is 0 Å². The fourth-order valence-electron chi connectivity index (χ4n) is 1.47. The van der Waals surface area contributed by atoms with Crippen molar-refractivity contribution in [1.29, 1.82) is 0 Å². The number of amides is 2. The molecule has 122 valence electrons. The third kappa shape index (κ3) is 5.38. The van der Waals surface area contributed by atoms with Gasteiger partial charge in [-0.15, -0.1) is 10.2 Å². The molecule has 0 unspecified atom stereocenters. The first-order chi connectivity index (χ1) is 11.0. The second-order valence-corrected chi connectivity index (χ2v) is 7.24. The number of ether oxygens (including phenoxy) is 1. The number of benzene rings is 1. The van der Waals surface area contributed by atoms with Crippen molar-refractivity contribution < 1.29 is 14.3 Å². The summed E-state index contributed by atoms with van der Waals surface area (Å²) in [7, 11) is 1.33. The molecule has 0 aliphatic carbocycles. The van der Waals surface area contributed by atoms with Crippen molar-refractivity contribution in [1.82, 2.24) is 10.2 Å². The Morgan fingerprint density at radius 2 is 1.96 bits per heavy atom. The zero-order chi connectivity index (χ0) is 16.8. The van der Waals surface area contributed by atoms with Gasteiger partial charge in [-0.25, -0.2) is 4.79 Å². The number of nitrogens with zero attached hydrogens (tertiary/aromatic N) is 2. The van der Waals surface area contributed by atoms with Gasteiger partial charge in [-0.3, -0.25) is 10.1 Å². The van der Waals surface area contributed by atoms with Crippen LogP contribution in [0.15, 0.2) is 28.6 Å². The second-order valence-electron chi connectivity index (χ2n) is 4.24. The molecule has 0 fully saturated rings. The number of carbonyl (C=O) groups excluding carboxylic acids is 2. The highest BCUT2D eigenvalue weighted by atomic mass is 35.5. The number of aromatic nitrogens is 2. The maximum Gasteiger partial charge on any atom is 0.325 e. The normalized spacial score (nSPS) is 11.6. The van der Waals surface area contributed by atoms with Gasteiger partial charge >= 0.3 is 12.0 Å². The maximum absolute atomic E-state index is 11.9. The van der Waals surface area contributed by atoms with Gasteiger partial charge in [0.15, 0.2) is 4.34 Å². The summed E-state index contributed by atoms with van der Waals surface area (Å²) in [5, 5.41) is 13.5. The van der Waals surface area contributed by atoms with E-state index in [9.17, 15) is 9.59 Å². The number of anilines is 2. The van der Waals surface area contributed by atoms with Gasteiger partial charge in [0.2, 0.25) is 5.13 Å². The fourth-order valence-corrected chi connectivity index (χ4v) is 3.51. The lowest BCUT2D eigenvalue weighted by atomic mass is 10.3. The molecule has 2 amide bonds. The number of urea groups is 1. The van der Waals surface area contributed by atoms with Crippen molar-refractivity contribution in [2.24, 2.45) is 0 Å². The van der Waals surface area contributed by atoms with E-state index in [4.69, 9.17) is 11.6 Å². The van der Waals surface area contributed by atoms with Crippen LogP contribution in [0.25, 0.3) is 0 Å². The summed E-state index contributed by atoms with van der Waals surface area (Å²) in [6, 6.07) is 6.26. The Labute approximate surface area is 145 Å². The first-order valence-electron chi connectivity index (χ1n) is 6.39. The zero-order valence-electron chi connectivity index (χ0n) is 12.2. The fraction of sp³-hybridized carbons (Fsp3) is 0.231. The van der Waals surface area contributed by atoms with Crippen LogP contribution in [0.1, 0.15) is 6.92 Å². The smallest absolute Gasteiger partial charge is 0.325 e. The van der Waals surface area contributed by atoms with Crippen LogP contribution in [-0.4, -0.2) is 34.6 Å². The van der Waals surface area contributed by atoms with Crippen LogP contribution in [0.2, 0.25) is 5.02 Å². The number of methoxy groups -OCH3 is 1. The highest BCUT2D eigenvalue weighted by Gasteiger charge is 2.18. The highest BCUT2D eigenvalue weighted by Crippen LogP contribution is 2.29. The molecule has 0 saturated heterocycles. The van der Waals surface area contributed by atoms with Gasteiger partial charge in [-0.1, -0.05) is 34.7 Å². The van der Waals surface area contributed by atoms with Crippen molar-refractivity contribution in [2.75, 3.05) is 17.7 Å². The lowest BCUT2D eigenvalue weighted by Crippen LogP contribution is -2.19. The van der Waals surface area contributed by atoms with E-state index < -0.39 is 11.3 Å². The molecule has 1 aromatic heterocycles. The Bertz CT molecular complexity index is 693. The minimum atomic E-state index is -0.443. The standard InChI is InChI=1S/C13H13ClN4O3S2/c1-7(10(19)21-2)22-13-18-17-12(23-13)16-11(20)15-9-5-3-8(14)4-6-9/h3-7H,1-2H3,(H2,15,16,17,20)/t7-/m0/s1. The molecular weight excluding hydrogens is 360 g/mol. The molecule has 2 rings (SSSR count). The predicted molar refractivity (Wildman–Crippen MR) is 91.3 cm³/mol. The van der Waals surface area contributed by atoms with Gasteiger partial charge in [0, 0.05) is 10.7 Å². The Morgan fingerprint density at radius 1 is 1.26 bits per heavy atom. The molecule has 10 heteroatoms. The van der Waals surface area contributed by atoms with Crippen molar-refractivity contribution >= 4 is 57.5 Å². The summed E-state index contributed by atoms with van der Waals surface area (Å²) >= 11 is 8.16. The van der Waals surface area contributed by atoms with E-state index in [2.05, 4.69) is 25.6 Å². The Kier molecular flexibility index (Phi) is 6.20. The predicted octanol–water partition coefficient (Wildman–Crippen LogP) is 3.49. The molecule has 0 spiro atoms. The maximum atomic E-state index is 11.9. The van der Waals surface area contributed by atoms with Crippen LogP contribution in [-0.2, 0) is 9.53 Å². The number of halogens is 1. The van der Waals surface area contributed by atoms with Crippen LogP contribution in [0.4, 0.5) is 15.6 Å². The monoisotopic (exact) mass is 372 g/mol. The van der Waals surface area contributed by atoms with Gasteiger partial charge in [-0.2, -0.15) is 0 Å². The summed E-state index contributed by atoms with van der Waals surface area (Å²) in [5.41, 5.74) is 0.602. The Balaban J connectivity index is 1.89.